The van der Waals surface area contributed by atoms with Gasteiger partial charge in [-0.2, -0.15) is 0 Å². The van der Waals surface area contributed by atoms with Crippen LogP contribution in [0.4, 0.5) is 0 Å². The number of likely N-dealkylation sites (tertiary alicyclic amines) is 1. The van der Waals surface area contributed by atoms with E-state index in [1.807, 2.05) is 0 Å². The van der Waals surface area contributed by atoms with Gasteiger partial charge >= 0.3 is 0 Å². The minimum absolute atomic E-state index is 0.236. The molecule has 1 fully saturated rings. The number of hydrogen-bond acceptors (Lipinski definition) is 2. The lowest BCUT2D eigenvalue weighted by molar-refractivity contribution is 0.213. The summed E-state index contributed by atoms with van der Waals surface area (Å²) in [6.45, 7) is 7.17. The highest BCUT2D eigenvalue weighted by Crippen LogP contribution is 2.44. The van der Waals surface area contributed by atoms with Crippen molar-refractivity contribution in [3.8, 4) is 0 Å². The van der Waals surface area contributed by atoms with E-state index in [-0.39, 0.29) is 6.04 Å². The summed E-state index contributed by atoms with van der Waals surface area (Å²) in [5.74, 6) is 0. The fraction of sp³-hybridized carbons (Fsp3) is 0.600. The van der Waals surface area contributed by atoms with Crippen LogP contribution in [0.25, 0.3) is 0 Å². The molecule has 1 aliphatic heterocycles. The average molecular weight is 230 g/mol. The van der Waals surface area contributed by atoms with Gasteiger partial charge in [-0.15, -0.1) is 0 Å². The Labute approximate surface area is 104 Å². The van der Waals surface area contributed by atoms with E-state index in [2.05, 4.69) is 43.0 Å². The van der Waals surface area contributed by atoms with Gasteiger partial charge in [0.15, 0.2) is 0 Å². The van der Waals surface area contributed by atoms with Gasteiger partial charge in [-0.05, 0) is 35.9 Å². The molecule has 2 N–H and O–H groups in total. The van der Waals surface area contributed by atoms with Crippen molar-refractivity contribution in [1.29, 1.82) is 0 Å². The summed E-state index contributed by atoms with van der Waals surface area (Å²) in [5.41, 5.74) is 9.55. The van der Waals surface area contributed by atoms with Crippen LogP contribution in [0.5, 0.6) is 0 Å². The number of nitrogens with zero attached hydrogens (tertiary/aromatic N) is 1. The van der Waals surface area contributed by atoms with Crippen LogP contribution < -0.4 is 5.73 Å². The molecule has 2 aliphatic rings. The second kappa shape index (κ2) is 3.82. The van der Waals surface area contributed by atoms with Gasteiger partial charge < -0.3 is 5.73 Å². The van der Waals surface area contributed by atoms with Crippen LogP contribution in [0.15, 0.2) is 24.3 Å². The Kier molecular flexibility index (Phi) is 2.53. The maximum absolute atomic E-state index is 6.25. The molecule has 0 saturated carbocycles. The highest BCUT2D eigenvalue weighted by molar-refractivity contribution is 5.37. The minimum atomic E-state index is 0.236. The maximum Gasteiger partial charge on any atom is 0.0369 e. The molecule has 0 aromatic heterocycles. The van der Waals surface area contributed by atoms with Crippen molar-refractivity contribution in [3.63, 3.8) is 0 Å². The standard InChI is InChI=1S/C15H22N2/c1-15(2)7-8-17(10-15)14-9-13(16)11-5-3-4-6-12(11)14/h3-6,13-14H,7-10,16H2,1-2H3. The van der Waals surface area contributed by atoms with Crippen molar-refractivity contribution in [2.45, 2.75) is 38.8 Å². The monoisotopic (exact) mass is 230 g/mol. The van der Waals surface area contributed by atoms with E-state index in [9.17, 15) is 0 Å². The van der Waals surface area contributed by atoms with Gasteiger partial charge in [0.25, 0.3) is 0 Å². The van der Waals surface area contributed by atoms with E-state index in [1.165, 1.54) is 30.6 Å². The van der Waals surface area contributed by atoms with Crippen LogP contribution in [-0.4, -0.2) is 18.0 Å². The predicted octanol–water partition coefficient (Wildman–Crippen LogP) is 2.86. The SMILES string of the molecule is CC1(C)CCN(C2CC(N)c3ccccc32)C1. The molecular formula is C15H22N2. The van der Waals surface area contributed by atoms with Crippen molar-refractivity contribution in [2.75, 3.05) is 13.1 Å². The van der Waals surface area contributed by atoms with Gasteiger partial charge in [-0.1, -0.05) is 38.1 Å². The number of nitrogens with two attached hydrogens (primary N) is 1. The molecule has 92 valence electrons. The molecule has 1 heterocycles. The first kappa shape index (κ1) is 11.2. The highest BCUT2D eigenvalue weighted by atomic mass is 15.2. The van der Waals surface area contributed by atoms with Gasteiger partial charge in [0.1, 0.15) is 0 Å². The van der Waals surface area contributed by atoms with Crippen molar-refractivity contribution in [2.24, 2.45) is 11.1 Å². The second-order valence-electron chi connectivity index (χ2n) is 6.37. The number of rotatable bonds is 1. The Hall–Kier alpha value is -0.860. The molecule has 0 radical (unpaired) electrons. The molecule has 2 atom stereocenters. The predicted molar refractivity (Wildman–Crippen MR) is 70.7 cm³/mol. The first-order valence-corrected chi connectivity index (χ1v) is 6.65. The third kappa shape index (κ3) is 1.90. The first-order valence-electron chi connectivity index (χ1n) is 6.65. The summed E-state index contributed by atoms with van der Waals surface area (Å²) < 4.78 is 0. The molecule has 1 aromatic carbocycles. The van der Waals surface area contributed by atoms with Crippen LogP contribution in [0.3, 0.4) is 0 Å². The fourth-order valence-corrected chi connectivity index (χ4v) is 3.41. The van der Waals surface area contributed by atoms with Crippen molar-refractivity contribution in [1.82, 2.24) is 4.90 Å². The second-order valence-corrected chi connectivity index (χ2v) is 6.37. The van der Waals surface area contributed by atoms with Crippen LogP contribution >= 0.6 is 0 Å². The lowest BCUT2D eigenvalue weighted by Crippen LogP contribution is -2.27. The molecule has 3 rings (SSSR count). The van der Waals surface area contributed by atoms with Crippen LogP contribution in [0.1, 0.15) is 49.9 Å². The first-order chi connectivity index (χ1) is 8.07. The number of fused-ring (bicyclic) bond motifs is 1. The minimum Gasteiger partial charge on any atom is -0.324 e. The molecule has 17 heavy (non-hydrogen) atoms. The summed E-state index contributed by atoms with van der Waals surface area (Å²) in [6, 6.07) is 9.50. The third-order valence-corrected chi connectivity index (χ3v) is 4.38. The van der Waals surface area contributed by atoms with E-state index < -0.39 is 0 Å². The molecule has 1 aliphatic carbocycles. The quantitative estimate of drug-likeness (QED) is 0.804. The van der Waals surface area contributed by atoms with Crippen LogP contribution in [-0.2, 0) is 0 Å². The topological polar surface area (TPSA) is 29.3 Å². The molecule has 2 nitrogen and oxygen atoms in total. The van der Waals surface area contributed by atoms with E-state index in [1.54, 1.807) is 0 Å². The van der Waals surface area contributed by atoms with Crippen LogP contribution in [0.2, 0.25) is 0 Å². The van der Waals surface area contributed by atoms with Crippen molar-refractivity contribution >= 4 is 0 Å². The number of hydrogen-bond donors (Lipinski definition) is 1. The average Bonchev–Trinajstić information content (AvgIpc) is 2.81. The van der Waals surface area contributed by atoms with Crippen LogP contribution in [0, 0.1) is 5.41 Å². The van der Waals surface area contributed by atoms with Gasteiger partial charge in [0.2, 0.25) is 0 Å². The molecule has 2 heteroatoms. The molecular weight excluding hydrogens is 208 g/mol. The van der Waals surface area contributed by atoms with Gasteiger partial charge in [0.05, 0.1) is 0 Å². The summed E-state index contributed by atoms with van der Waals surface area (Å²) >= 11 is 0. The third-order valence-electron chi connectivity index (χ3n) is 4.38. The van der Waals surface area contributed by atoms with Gasteiger partial charge in [-0.25, -0.2) is 0 Å². The highest BCUT2D eigenvalue weighted by Gasteiger charge is 2.38. The molecule has 1 aromatic rings. The Balaban J connectivity index is 1.87. The smallest absolute Gasteiger partial charge is 0.0369 e. The van der Waals surface area contributed by atoms with E-state index >= 15 is 0 Å². The van der Waals surface area contributed by atoms with Gasteiger partial charge in [0, 0.05) is 18.6 Å². The summed E-state index contributed by atoms with van der Waals surface area (Å²) in [4.78, 5) is 2.63. The van der Waals surface area contributed by atoms with Gasteiger partial charge in [-0.3, -0.25) is 4.90 Å². The molecule has 2 unspecified atom stereocenters. The Morgan fingerprint density at radius 1 is 1.24 bits per heavy atom. The Morgan fingerprint density at radius 2 is 1.94 bits per heavy atom. The molecule has 1 saturated heterocycles. The Morgan fingerprint density at radius 3 is 2.59 bits per heavy atom. The largest absolute Gasteiger partial charge is 0.324 e. The van der Waals surface area contributed by atoms with Crippen molar-refractivity contribution < 1.29 is 0 Å². The van der Waals surface area contributed by atoms with Crippen molar-refractivity contribution in [3.05, 3.63) is 35.4 Å². The molecule has 0 amide bonds. The summed E-state index contributed by atoms with van der Waals surface area (Å²) in [5, 5.41) is 0. The zero-order valence-corrected chi connectivity index (χ0v) is 10.8. The van der Waals surface area contributed by atoms with E-state index in [0.29, 0.717) is 11.5 Å². The lowest BCUT2D eigenvalue weighted by atomic mass is 9.93. The summed E-state index contributed by atoms with van der Waals surface area (Å²) in [7, 11) is 0. The maximum atomic E-state index is 6.25. The lowest BCUT2D eigenvalue weighted by Gasteiger charge is -2.26. The Bertz CT molecular complexity index is 425. The van der Waals surface area contributed by atoms with E-state index in [0.717, 1.165) is 6.42 Å². The molecule has 0 spiro atoms. The zero-order valence-electron chi connectivity index (χ0n) is 10.8. The summed E-state index contributed by atoms with van der Waals surface area (Å²) in [6.07, 6.45) is 2.40. The van der Waals surface area contributed by atoms with E-state index in [4.69, 9.17) is 5.73 Å². The normalized spacial score (nSPS) is 31.7. The number of benzene rings is 1. The molecule has 0 bridgehead atoms. The fourth-order valence-electron chi connectivity index (χ4n) is 3.41. The zero-order chi connectivity index (χ0) is 12.0.